The van der Waals surface area contributed by atoms with Crippen molar-refractivity contribution < 1.29 is 8.83 Å². The Hall–Kier alpha value is -8.96. The molecule has 14 aromatic rings. The highest BCUT2D eigenvalue weighted by molar-refractivity contribution is 7.26. The van der Waals surface area contributed by atoms with Gasteiger partial charge in [0.15, 0.2) is 0 Å². The number of hydrogen-bond donors (Lipinski definition) is 0. The Morgan fingerprint density at radius 3 is 1.82 bits per heavy atom. The number of nitrogens with zero attached hydrogens (tertiary/aromatic N) is 1. The summed E-state index contributed by atoms with van der Waals surface area (Å²) in [5, 5.41) is 6.70. The van der Waals surface area contributed by atoms with Crippen LogP contribution in [0.25, 0.3) is 97.4 Å². The van der Waals surface area contributed by atoms with Crippen LogP contribution in [0.1, 0.15) is 47.2 Å². The molecule has 0 atom stereocenters. The molecule has 74 heavy (non-hydrogen) atoms. The molecule has 3 aromatic heterocycles. The minimum absolute atomic E-state index is 0.167. The van der Waals surface area contributed by atoms with Gasteiger partial charge in [-0.25, -0.2) is 0 Å². The van der Waals surface area contributed by atoms with Gasteiger partial charge in [0.25, 0.3) is 0 Å². The van der Waals surface area contributed by atoms with Crippen LogP contribution in [-0.4, -0.2) is 0 Å². The third-order valence-electron chi connectivity index (χ3n) is 16.5. The van der Waals surface area contributed by atoms with E-state index in [9.17, 15) is 0 Å². The summed E-state index contributed by atoms with van der Waals surface area (Å²) >= 11 is 1.86. The summed E-state index contributed by atoms with van der Waals surface area (Å²) in [5.41, 5.74) is 20.8. The molecule has 0 fully saturated rings. The summed E-state index contributed by atoms with van der Waals surface area (Å²) < 4.78 is 16.8. The SMILES string of the molecule is CC1(C)c2ccccc2-c2ccc(N(c3ccc4c(c3)oc3c(-c5ccc6c(c5)C(c5ccccc5)(c5ccccc5)c5ccccc5-6)c5c(cc34)oc3ccccc35)c3cccc4c3sc3ccccc34)cc21. The van der Waals surface area contributed by atoms with E-state index >= 15 is 0 Å². The van der Waals surface area contributed by atoms with Crippen LogP contribution in [0.5, 0.6) is 0 Å². The average Bonchev–Trinajstić information content (AvgIpc) is 4.26. The van der Waals surface area contributed by atoms with E-state index in [0.717, 1.165) is 72.1 Å². The second kappa shape index (κ2) is 15.3. The molecule has 0 bridgehead atoms. The second-order valence-corrected chi connectivity index (χ2v) is 21.7. The van der Waals surface area contributed by atoms with Crippen molar-refractivity contribution >= 4 is 92.4 Å². The van der Waals surface area contributed by atoms with E-state index in [2.05, 4.69) is 255 Å². The standard InChI is InChI=1S/C70H45NO2S/c1-69(2)56-27-13-9-22-47(56)49-36-33-45(39-58(49)69)71(60-29-17-26-53-52-24-12-16-31-64(52)74-68(53)60)46-34-37-51-55-41-63-66(54-25-11-15-30-61(54)72-63)65(67(55)73-62(51)40-46)42-32-35-50-48-23-10-14-28-57(48)70(59(50)38-42,43-18-5-3-6-19-43)44-20-7-4-8-21-44/h3-41H,1-2H3. The predicted molar refractivity (Wildman–Crippen MR) is 309 cm³/mol. The van der Waals surface area contributed by atoms with Crippen LogP contribution >= 0.6 is 11.3 Å². The number of para-hydroxylation sites is 1. The Labute approximate surface area is 431 Å². The van der Waals surface area contributed by atoms with Crippen molar-refractivity contribution in [2.45, 2.75) is 24.7 Å². The van der Waals surface area contributed by atoms with Gasteiger partial charge in [0.05, 0.1) is 15.8 Å². The molecule has 0 N–H and O–H groups in total. The lowest BCUT2D eigenvalue weighted by Crippen LogP contribution is -2.28. The largest absolute Gasteiger partial charge is 0.456 e. The Kier molecular flexibility index (Phi) is 8.60. The zero-order chi connectivity index (χ0) is 48.9. The molecule has 348 valence electrons. The van der Waals surface area contributed by atoms with Gasteiger partial charge in [-0.05, 0) is 116 Å². The van der Waals surface area contributed by atoms with E-state index in [1.54, 1.807) is 0 Å². The van der Waals surface area contributed by atoms with Crippen LogP contribution < -0.4 is 4.90 Å². The lowest BCUT2D eigenvalue weighted by molar-refractivity contribution is 0.660. The highest BCUT2D eigenvalue weighted by Gasteiger charge is 2.46. The number of fused-ring (bicyclic) bond motifs is 15. The molecule has 0 radical (unpaired) electrons. The van der Waals surface area contributed by atoms with Crippen LogP contribution in [0.4, 0.5) is 17.1 Å². The molecule has 0 saturated heterocycles. The van der Waals surface area contributed by atoms with Crippen molar-refractivity contribution in [3.05, 3.63) is 270 Å². The van der Waals surface area contributed by atoms with Crippen molar-refractivity contribution in [2.24, 2.45) is 0 Å². The molecule has 3 heterocycles. The van der Waals surface area contributed by atoms with E-state index < -0.39 is 5.41 Å². The monoisotopic (exact) mass is 963 g/mol. The maximum absolute atomic E-state index is 7.45. The Morgan fingerprint density at radius 2 is 1.01 bits per heavy atom. The first kappa shape index (κ1) is 41.6. The van der Waals surface area contributed by atoms with Crippen LogP contribution in [0.15, 0.2) is 245 Å². The zero-order valence-electron chi connectivity index (χ0n) is 40.7. The van der Waals surface area contributed by atoms with Gasteiger partial charge in [-0.2, -0.15) is 0 Å². The minimum atomic E-state index is -0.561. The normalized spacial score (nSPS) is 14.0. The number of hydrogen-bond acceptors (Lipinski definition) is 4. The Bertz CT molecular complexity index is 4610. The number of benzene rings is 11. The van der Waals surface area contributed by atoms with Gasteiger partial charge in [-0.3, -0.25) is 0 Å². The van der Waals surface area contributed by atoms with Crippen molar-refractivity contribution in [3.8, 4) is 33.4 Å². The van der Waals surface area contributed by atoms with E-state index in [4.69, 9.17) is 8.83 Å². The van der Waals surface area contributed by atoms with Gasteiger partial charge >= 0.3 is 0 Å². The van der Waals surface area contributed by atoms with E-state index in [0.29, 0.717) is 0 Å². The van der Waals surface area contributed by atoms with E-state index in [1.165, 1.54) is 75.8 Å². The number of rotatable bonds is 6. The van der Waals surface area contributed by atoms with Crippen LogP contribution in [0.2, 0.25) is 0 Å². The summed E-state index contributed by atoms with van der Waals surface area (Å²) in [7, 11) is 0. The molecular formula is C70H45NO2S. The first-order valence-electron chi connectivity index (χ1n) is 25.6. The summed E-state index contributed by atoms with van der Waals surface area (Å²) in [5.74, 6) is 0. The lowest BCUT2D eigenvalue weighted by Gasteiger charge is -2.34. The van der Waals surface area contributed by atoms with Crippen molar-refractivity contribution in [3.63, 3.8) is 0 Å². The fourth-order valence-electron chi connectivity index (χ4n) is 13.3. The fraction of sp³-hybridized carbons (Fsp3) is 0.0571. The van der Waals surface area contributed by atoms with Crippen molar-refractivity contribution in [2.75, 3.05) is 4.90 Å². The maximum Gasteiger partial charge on any atom is 0.144 e. The van der Waals surface area contributed by atoms with Gasteiger partial charge in [0.1, 0.15) is 22.3 Å². The Morgan fingerprint density at radius 1 is 0.392 bits per heavy atom. The molecule has 4 heteroatoms. The quantitative estimate of drug-likeness (QED) is 0.166. The molecule has 0 saturated carbocycles. The third kappa shape index (κ3) is 5.61. The van der Waals surface area contributed by atoms with Crippen molar-refractivity contribution in [1.29, 1.82) is 0 Å². The number of anilines is 3. The molecule has 0 unspecified atom stereocenters. The van der Waals surface area contributed by atoms with Gasteiger partial charge < -0.3 is 13.7 Å². The van der Waals surface area contributed by atoms with Gasteiger partial charge in [0.2, 0.25) is 0 Å². The number of furan rings is 2. The highest BCUT2D eigenvalue weighted by atomic mass is 32.1. The summed E-state index contributed by atoms with van der Waals surface area (Å²) in [6, 6.07) is 87.0. The molecule has 0 spiro atoms. The zero-order valence-corrected chi connectivity index (χ0v) is 41.5. The molecule has 3 nitrogen and oxygen atoms in total. The van der Waals surface area contributed by atoms with Crippen LogP contribution in [0, 0.1) is 0 Å². The molecule has 0 amide bonds. The minimum Gasteiger partial charge on any atom is -0.456 e. The second-order valence-electron chi connectivity index (χ2n) is 20.7. The summed E-state index contributed by atoms with van der Waals surface area (Å²) in [6.07, 6.45) is 0. The van der Waals surface area contributed by atoms with Crippen LogP contribution in [0.3, 0.4) is 0 Å². The van der Waals surface area contributed by atoms with Crippen LogP contribution in [-0.2, 0) is 10.8 Å². The molecule has 2 aliphatic rings. The number of thiophene rings is 1. The van der Waals surface area contributed by atoms with Gasteiger partial charge in [-0.15, -0.1) is 11.3 Å². The van der Waals surface area contributed by atoms with E-state index in [1.807, 2.05) is 11.3 Å². The third-order valence-corrected chi connectivity index (χ3v) is 17.8. The molecule has 16 rings (SSSR count). The van der Waals surface area contributed by atoms with Gasteiger partial charge in [0, 0.05) is 65.4 Å². The Balaban J connectivity index is 0.952. The van der Waals surface area contributed by atoms with Gasteiger partial charge in [-0.1, -0.05) is 190 Å². The van der Waals surface area contributed by atoms with E-state index in [-0.39, 0.29) is 5.41 Å². The lowest BCUT2D eigenvalue weighted by atomic mass is 9.67. The topological polar surface area (TPSA) is 29.5 Å². The summed E-state index contributed by atoms with van der Waals surface area (Å²) in [4.78, 5) is 2.45. The fourth-order valence-corrected chi connectivity index (χ4v) is 14.5. The first-order valence-corrected chi connectivity index (χ1v) is 26.4. The molecule has 0 aliphatic heterocycles. The molecule has 2 aliphatic carbocycles. The predicted octanol–water partition coefficient (Wildman–Crippen LogP) is 19.7. The molecule has 11 aromatic carbocycles. The first-order chi connectivity index (χ1) is 36.4. The van der Waals surface area contributed by atoms with Crippen molar-refractivity contribution in [1.82, 2.24) is 0 Å². The highest BCUT2D eigenvalue weighted by Crippen LogP contribution is 2.58. The average molecular weight is 964 g/mol. The summed E-state index contributed by atoms with van der Waals surface area (Å²) in [6.45, 7) is 4.72. The maximum atomic E-state index is 7.45. The molecular weight excluding hydrogens is 919 g/mol. The smallest absolute Gasteiger partial charge is 0.144 e.